The fourth-order valence-electron chi connectivity index (χ4n) is 3.22. The van der Waals surface area contributed by atoms with Crippen molar-refractivity contribution in [2.75, 3.05) is 11.8 Å². The maximum Gasteiger partial charge on any atom is 0.261 e. The quantitative estimate of drug-likeness (QED) is 0.355. The molecule has 176 valence electrons. The molecule has 0 aliphatic carbocycles. The van der Waals surface area contributed by atoms with Gasteiger partial charge in [0.1, 0.15) is 17.2 Å². The number of hydrogen-bond donors (Lipinski definition) is 2. The summed E-state index contributed by atoms with van der Waals surface area (Å²) in [5.41, 5.74) is 2.55. The lowest BCUT2D eigenvalue weighted by molar-refractivity contribution is -0.120. The van der Waals surface area contributed by atoms with Gasteiger partial charge in [-0.2, -0.15) is 11.3 Å². The first-order valence-corrected chi connectivity index (χ1v) is 12.8. The lowest BCUT2D eigenvalue weighted by atomic mass is 10.2. The van der Waals surface area contributed by atoms with Gasteiger partial charge in [-0.25, -0.2) is 13.4 Å². The summed E-state index contributed by atoms with van der Waals surface area (Å²) >= 11 is 1.55. The molecule has 0 saturated heterocycles. The summed E-state index contributed by atoms with van der Waals surface area (Å²) in [5.74, 6) is 1.39. The van der Waals surface area contributed by atoms with E-state index in [0.29, 0.717) is 40.8 Å². The van der Waals surface area contributed by atoms with Crippen molar-refractivity contribution < 1.29 is 22.4 Å². The predicted octanol–water partition coefficient (Wildman–Crippen LogP) is 4.38. The van der Waals surface area contributed by atoms with Crippen molar-refractivity contribution >= 4 is 33.0 Å². The second-order valence-electron chi connectivity index (χ2n) is 7.47. The molecule has 0 saturated carbocycles. The number of aryl methyl sites for hydroxylation is 1. The fourth-order valence-corrected chi connectivity index (χ4v) is 4.94. The third kappa shape index (κ3) is 5.64. The fraction of sp³-hybridized carbons (Fsp3) is 0.167. The molecule has 0 bridgehead atoms. The average Bonchev–Trinajstić information content (AvgIpc) is 3.47. The molecule has 0 atom stereocenters. The molecule has 2 aromatic carbocycles. The Bertz CT molecular complexity index is 1380. The van der Waals surface area contributed by atoms with Crippen LogP contribution >= 0.6 is 11.3 Å². The highest BCUT2D eigenvalue weighted by Gasteiger charge is 2.17. The van der Waals surface area contributed by atoms with Gasteiger partial charge in [-0.05, 0) is 71.8 Å². The van der Waals surface area contributed by atoms with E-state index in [1.54, 1.807) is 54.7 Å². The Labute approximate surface area is 201 Å². The highest BCUT2D eigenvalue weighted by molar-refractivity contribution is 7.92. The van der Waals surface area contributed by atoms with Crippen molar-refractivity contribution in [1.29, 1.82) is 0 Å². The summed E-state index contributed by atoms with van der Waals surface area (Å²) in [6.07, 6.45) is 0.309. The third-order valence-electron chi connectivity index (χ3n) is 5.02. The SMILES string of the molecule is COc1ccc(S(=O)(=O)Nc2cccc(-c3nc(CNC(=O)Cc4ccsc4)c(C)o3)c2)cc1. The molecule has 0 spiro atoms. The number of oxazole rings is 1. The van der Waals surface area contributed by atoms with Crippen molar-refractivity contribution in [3.8, 4) is 17.2 Å². The van der Waals surface area contributed by atoms with Crippen LogP contribution in [0, 0.1) is 6.92 Å². The molecular weight excluding hydrogens is 474 g/mol. The van der Waals surface area contributed by atoms with Crippen LogP contribution in [-0.2, 0) is 27.8 Å². The Balaban J connectivity index is 1.45. The van der Waals surface area contributed by atoms with E-state index in [9.17, 15) is 13.2 Å². The van der Waals surface area contributed by atoms with Gasteiger partial charge in [0.25, 0.3) is 10.0 Å². The van der Waals surface area contributed by atoms with Crippen LogP contribution in [0.15, 0.2) is 74.7 Å². The first kappa shape index (κ1) is 23.5. The van der Waals surface area contributed by atoms with Gasteiger partial charge in [-0.1, -0.05) is 6.07 Å². The Hall–Kier alpha value is -3.63. The molecule has 2 N–H and O–H groups in total. The molecule has 0 radical (unpaired) electrons. The zero-order chi connectivity index (χ0) is 24.1. The Kier molecular flexibility index (Phi) is 6.99. The summed E-state index contributed by atoms with van der Waals surface area (Å²) < 4.78 is 38.9. The predicted molar refractivity (Wildman–Crippen MR) is 130 cm³/mol. The molecule has 0 fully saturated rings. The summed E-state index contributed by atoms with van der Waals surface area (Å²) in [6.45, 7) is 2.01. The number of ether oxygens (including phenoxy) is 1. The van der Waals surface area contributed by atoms with E-state index in [-0.39, 0.29) is 17.3 Å². The molecule has 8 nitrogen and oxygen atoms in total. The minimum atomic E-state index is -3.78. The number of aromatic nitrogens is 1. The lowest BCUT2D eigenvalue weighted by Gasteiger charge is -2.09. The number of anilines is 1. The van der Waals surface area contributed by atoms with Crippen LogP contribution in [0.2, 0.25) is 0 Å². The molecule has 0 aliphatic rings. The maximum atomic E-state index is 12.7. The number of sulfonamides is 1. The minimum absolute atomic E-state index is 0.0997. The zero-order valence-corrected chi connectivity index (χ0v) is 20.2. The first-order chi connectivity index (χ1) is 16.3. The summed E-state index contributed by atoms with van der Waals surface area (Å²) in [7, 11) is -2.27. The van der Waals surface area contributed by atoms with Gasteiger partial charge in [0.05, 0.1) is 25.0 Å². The molecule has 0 unspecified atom stereocenters. The van der Waals surface area contributed by atoms with Crippen molar-refractivity contribution in [1.82, 2.24) is 10.3 Å². The van der Waals surface area contributed by atoms with Crippen molar-refractivity contribution in [3.63, 3.8) is 0 Å². The Morgan fingerprint density at radius 1 is 1.15 bits per heavy atom. The van der Waals surface area contributed by atoms with Gasteiger partial charge >= 0.3 is 0 Å². The van der Waals surface area contributed by atoms with Gasteiger partial charge in [0.2, 0.25) is 11.8 Å². The van der Waals surface area contributed by atoms with E-state index in [4.69, 9.17) is 9.15 Å². The standard InChI is InChI=1S/C24H23N3O5S2/c1-16-22(14-25-23(28)12-17-10-11-33-15-17)26-24(32-16)18-4-3-5-19(13-18)27-34(29,30)21-8-6-20(31-2)7-9-21/h3-11,13,15,27H,12,14H2,1-2H3,(H,25,28). The van der Waals surface area contributed by atoms with Gasteiger partial charge < -0.3 is 14.5 Å². The molecule has 4 aromatic rings. The number of rotatable bonds is 9. The van der Waals surface area contributed by atoms with Crippen LogP contribution in [0.25, 0.3) is 11.5 Å². The number of nitrogens with one attached hydrogen (secondary N) is 2. The number of hydrogen-bond acceptors (Lipinski definition) is 7. The molecule has 34 heavy (non-hydrogen) atoms. The van der Waals surface area contributed by atoms with Gasteiger partial charge in [-0.3, -0.25) is 9.52 Å². The van der Waals surface area contributed by atoms with Crippen LogP contribution in [0.3, 0.4) is 0 Å². The van der Waals surface area contributed by atoms with E-state index in [1.807, 2.05) is 16.8 Å². The highest BCUT2D eigenvalue weighted by Crippen LogP contribution is 2.26. The second-order valence-corrected chi connectivity index (χ2v) is 9.93. The number of methoxy groups -OCH3 is 1. The van der Waals surface area contributed by atoms with Gasteiger partial charge in [-0.15, -0.1) is 0 Å². The first-order valence-electron chi connectivity index (χ1n) is 10.4. The number of carbonyl (C=O) groups excluding carboxylic acids is 1. The zero-order valence-electron chi connectivity index (χ0n) is 18.6. The second kappa shape index (κ2) is 10.1. The van der Waals surface area contributed by atoms with Crippen molar-refractivity contribution in [2.24, 2.45) is 0 Å². The smallest absolute Gasteiger partial charge is 0.261 e. The Morgan fingerprint density at radius 2 is 1.94 bits per heavy atom. The van der Waals surface area contributed by atoms with Crippen LogP contribution in [0.5, 0.6) is 5.75 Å². The molecule has 2 heterocycles. The van der Waals surface area contributed by atoms with E-state index < -0.39 is 10.0 Å². The normalized spacial score (nSPS) is 11.2. The summed E-state index contributed by atoms with van der Waals surface area (Å²) in [6, 6.07) is 14.8. The van der Waals surface area contributed by atoms with E-state index >= 15 is 0 Å². The highest BCUT2D eigenvalue weighted by atomic mass is 32.2. The van der Waals surface area contributed by atoms with Crippen LogP contribution in [0.4, 0.5) is 5.69 Å². The summed E-state index contributed by atoms with van der Waals surface area (Å²) in [5, 5.41) is 6.73. The monoisotopic (exact) mass is 497 g/mol. The Morgan fingerprint density at radius 3 is 2.65 bits per heavy atom. The van der Waals surface area contributed by atoms with Crippen LogP contribution in [-0.4, -0.2) is 26.4 Å². The molecular formula is C24H23N3O5S2. The number of amides is 1. The minimum Gasteiger partial charge on any atom is -0.497 e. The number of carbonyl (C=O) groups is 1. The average molecular weight is 498 g/mol. The van der Waals surface area contributed by atoms with Crippen LogP contribution < -0.4 is 14.8 Å². The van der Waals surface area contributed by atoms with Crippen LogP contribution in [0.1, 0.15) is 17.0 Å². The molecule has 10 heteroatoms. The molecule has 1 amide bonds. The number of thiophene rings is 1. The van der Waals surface area contributed by atoms with Crippen molar-refractivity contribution in [3.05, 3.63) is 82.4 Å². The number of benzene rings is 2. The van der Waals surface area contributed by atoms with E-state index in [1.165, 1.54) is 19.2 Å². The third-order valence-corrected chi connectivity index (χ3v) is 7.15. The topological polar surface area (TPSA) is 111 Å². The number of nitrogens with zero attached hydrogens (tertiary/aromatic N) is 1. The molecule has 2 aromatic heterocycles. The largest absolute Gasteiger partial charge is 0.497 e. The van der Waals surface area contributed by atoms with Gasteiger partial charge in [0.15, 0.2) is 0 Å². The summed E-state index contributed by atoms with van der Waals surface area (Å²) in [4.78, 5) is 16.8. The lowest BCUT2D eigenvalue weighted by Crippen LogP contribution is -2.24. The molecule has 4 rings (SSSR count). The van der Waals surface area contributed by atoms with Crippen molar-refractivity contribution in [2.45, 2.75) is 24.8 Å². The maximum absolute atomic E-state index is 12.7. The van der Waals surface area contributed by atoms with E-state index in [2.05, 4.69) is 15.0 Å². The molecule has 0 aliphatic heterocycles. The van der Waals surface area contributed by atoms with E-state index in [0.717, 1.165) is 5.56 Å². The van der Waals surface area contributed by atoms with Gasteiger partial charge in [0, 0.05) is 11.3 Å².